The average Bonchev–Trinajstić information content (AvgIpc) is 2.29. The van der Waals surface area contributed by atoms with Gasteiger partial charge in [0, 0.05) is 11.5 Å². The first-order valence-corrected chi connectivity index (χ1v) is 5.34. The van der Waals surface area contributed by atoms with E-state index in [4.69, 9.17) is 10.5 Å². The first-order chi connectivity index (χ1) is 7.63. The van der Waals surface area contributed by atoms with Crippen molar-refractivity contribution in [2.75, 3.05) is 13.7 Å². The highest BCUT2D eigenvalue weighted by Crippen LogP contribution is 2.39. The Morgan fingerprint density at radius 1 is 1.56 bits per heavy atom. The molecule has 16 heavy (non-hydrogen) atoms. The predicted octanol–water partition coefficient (Wildman–Crippen LogP) is 0.615. The molecule has 3 N–H and O–H groups in total. The molecule has 0 saturated heterocycles. The minimum absolute atomic E-state index is 0.00454. The van der Waals surface area contributed by atoms with Gasteiger partial charge in [-0.2, -0.15) is 0 Å². The number of ether oxygens (including phenoxy) is 1. The molecule has 1 aromatic rings. The van der Waals surface area contributed by atoms with E-state index in [1.54, 1.807) is 7.05 Å². The van der Waals surface area contributed by atoms with Crippen LogP contribution in [0.3, 0.4) is 0 Å². The van der Waals surface area contributed by atoms with Crippen LogP contribution in [0.15, 0.2) is 24.3 Å². The Hall–Kier alpha value is -1.55. The summed E-state index contributed by atoms with van der Waals surface area (Å²) in [6, 6.07) is 7.51. The number of nitrogens with two attached hydrogens (primary N) is 1. The molecule has 0 fully saturated rings. The average molecular weight is 220 g/mol. The zero-order chi connectivity index (χ0) is 11.8. The minimum atomic E-state index is -0.825. The summed E-state index contributed by atoms with van der Waals surface area (Å²) in [6.45, 7) is 2.44. The smallest absolute Gasteiger partial charge is 0.242 e. The molecule has 1 amide bonds. The van der Waals surface area contributed by atoms with Gasteiger partial charge in [0.25, 0.3) is 0 Å². The maximum atomic E-state index is 11.8. The van der Waals surface area contributed by atoms with Gasteiger partial charge >= 0.3 is 0 Å². The number of hydrogen-bond acceptors (Lipinski definition) is 3. The Balaban J connectivity index is 2.63. The molecule has 1 aliphatic heterocycles. The number of carbonyl (C=O) groups excluding carboxylic acids is 1. The molecule has 1 heterocycles. The van der Waals surface area contributed by atoms with Crippen LogP contribution in [-0.4, -0.2) is 19.6 Å². The highest BCUT2D eigenvalue weighted by atomic mass is 16.5. The van der Waals surface area contributed by atoms with Crippen molar-refractivity contribution in [1.82, 2.24) is 5.32 Å². The second-order valence-corrected chi connectivity index (χ2v) is 4.13. The lowest BCUT2D eigenvalue weighted by Crippen LogP contribution is -2.58. The van der Waals surface area contributed by atoms with E-state index in [2.05, 4.69) is 5.32 Å². The molecular formula is C12H16N2O2. The zero-order valence-corrected chi connectivity index (χ0v) is 9.49. The third kappa shape index (κ3) is 1.30. The Morgan fingerprint density at radius 3 is 2.88 bits per heavy atom. The first-order valence-electron chi connectivity index (χ1n) is 5.34. The Bertz CT molecular complexity index is 419. The van der Waals surface area contributed by atoms with Gasteiger partial charge in [0.15, 0.2) is 0 Å². The van der Waals surface area contributed by atoms with Gasteiger partial charge in [-0.25, -0.2) is 0 Å². The molecule has 0 aliphatic carbocycles. The van der Waals surface area contributed by atoms with E-state index in [-0.39, 0.29) is 11.8 Å². The van der Waals surface area contributed by atoms with Crippen LogP contribution in [0, 0.1) is 5.92 Å². The third-order valence-electron chi connectivity index (χ3n) is 3.32. The second kappa shape index (κ2) is 3.79. The molecule has 1 aliphatic rings. The van der Waals surface area contributed by atoms with Gasteiger partial charge in [-0.15, -0.1) is 0 Å². The number of benzene rings is 1. The molecule has 0 aromatic heterocycles. The predicted molar refractivity (Wildman–Crippen MR) is 61.0 cm³/mol. The lowest BCUT2D eigenvalue weighted by molar-refractivity contribution is -0.128. The van der Waals surface area contributed by atoms with Crippen molar-refractivity contribution in [3.05, 3.63) is 29.8 Å². The summed E-state index contributed by atoms with van der Waals surface area (Å²) in [4.78, 5) is 11.8. The quantitative estimate of drug-likeness (QED) is 0.767. The van der Waals surface area contributed by atoms with Gasteiger partial charge in [-0.1, -0.05) is 25.1 Å². The van der Waals surface area contributed by atoms with Gasteiger partial charge in [0.2, 0.25) is 5.91 Å². The summed E-state index contributed by atoms with van der Waals surface area (Å²) < 4.78 is 5.60. The standard InChI is InChI=1S/C12H16N2O2/c1-8-7-16-10-6-4-3-5-9(10)12(8,14-2)11(13)15/h3-6,8,14H,7H2,1-2H3,(H2,13,15). The molecule has 2 rings (SSSR count). The molecule has 0 bridgehead atoms. The van der Waals surface area contributed by atoms with Gasteiger partial charge in [0.05, 0.1) is 6.61 Å². The Labute approximate surface area is 94.8 Å². The number of likely N-dealkylation sites (N-methyl/N-ethyl adjacent to an activating group) is 1. The summed E-state index contributed by atoms with van der Waals surface area (Å²) in [6.07, 6.45) is 0. The van der Waals surface area contributed by atoms with Gasteiger partial charge in [-0.3, -0.25) is 4.79 Å². The van der Waals surface area contributed by atoms with Crippen molar-refractivity contribution in [3.63, 3.8) is 0 Å². The van der Waals surface area contributed by atoms with Crippen LogP contribution < -0.4 is 15.8 Å². The maximum Gasteiger partial charge on any atom is 0.242 e. The highest BCUT2D eigenvalue weighted by molar-refractivity contribution is 5.87. The fourth-order valence-corrected chi connectivity index (χ4v) is 2.40. The van der Waals surface area contributed by atoms with Crippen LogP contribution in [0.25, 0.3) is 0 Å². The summed E-state index contributed by atoms with van der Waals surface area (Å²) in [7, 11) is 1.75. The molecule has 2 unspecified atom stereocenters. The van der Waals surface area contributed by atoms with E-state index >= 15 is 0 Å². The van der Waals surface area contributed by atoms with Gasteiger partial charge < -0.3 is 15.8 Å². The minimum Gasteiger partial charge on any atom is -0.493 e. The Morgan fingerprint density at radius 2 is 2.25 bits per heavy atom. The number of fused-ring (bicyclic) bond motifs is 1. The van der Waals surface area contributed by atoms with Crippen molar-refractivity contribution >= 4 is 5.91 Å². The van der Waals surface area contributed by atoms with Crippen molar-refractivity contribution in [1.29, 1.82) is 0 Å². The molecule has 0 spiro atoms. The summed E-state index contributed by atoms with van der Waals surface area (Å²) in [5, 5.41) is 3.07. The van der Waals surface area contributed by atoms with Crippen LogP contribution in [0.2, 0.25) is 0 Å². The normalized spacial score (nSPS) is 28.0. The van der Waals surface area contributed by atoms with Crippen molar-refractivity contribution in [2.45, 2.75) is 12.5 Å². The Kier molecular flexibility index (Phi) is 2.59. The largest absolute Gasteiger partial charge is 0.493 e. The van der Waals surface area contributed by atoms with E-state index < -0.39 is 5.54 Å². The summed E-state index contributed by atoms with van der Waals surface area (Å²) >= 11 is 0. The molecule has 4 nitrogen and oxygen atoms in total. The van der Waals surface area contributed by atoms with Gasteiger partial charge in [0.1, 0.15) is 11.3 Å². The van der Waals surface area contributed by atoms with E-state index in [1.807, 2.05) is 31.2 Å². The zero-order valence-electron chi connectivity index (χ0n) is 9.49. The number of nitrogens with one attached hydrogen (secondary N) is 1. The van der Waals surface area contributed by atoms with E-state index in [9.17, 15) is 4.79 Å². The highest BCUT2D eigenvalue weighted by Gasteiger charge is 2.47. The number of para-hydroxylation sites is 1. The van der Waals surface area contributed by atoms with Crippen LogP contribution in [0.5, 0.6) is 5.75 Å². The van der Waals surface area contributed by atoms with Crippen LogP contribution in [0.4, 0.5) is 0 Å². The van der Waals surface area contributed by atoms with E-state index in [0.717, 1.165) is 11.3 Å². The number of primary amides is 1. The third-order valence-corrected chi connectivity index (χ3v) is 3.32. The molecular weight excluding hydrogens is 204 g/mol. The topological polar surface area (TPSA) is 64.3 Å². The molecule has 1 aromatic carbocycles. The van der Waals surface area contributed by atoms with E-state index in [0.29, 0.717) is 6.61 Å². The SMILES string of the molecule is CNC1(C(N)=O)c2ccccc2OCC1C. The van der Waals surface area contributed by atoms with Crippen molar-refractivity contribution in [2.24, 2.45) is 11.7 Å². The molecule has 0 radical (unpaired) electrons. The van der Waals surface area contributed by atoms with Crippen LogP contribution >= 0.6 is 0 Å². The van der Waals surface area contributed by atoms with Crippen LogP contribution in [0.1, 0.15) is 12.5 Å². The molecule has 2 atom stereocenters. The van der Waals surface area contributed by atoms with Crippen LogP contribution in [-0.2, 0) is 10.3 Å². The summed E-state index contributed by atoms with van der Waals surface area (Å²) in [5.74, 6) is 0.372. The van der Waals surface area contributed by atoms with E-state index in [1.165, 1.54) is 0 Å². The number of rotatable bonds is 2. The fourth-order valence-electron chi connectivity index (χ4n) is 2.40. The van der Waals surface area contributed by atoms with Gasteiger partial charge in [-0.05, 0) is 13.1 Å². The molecule has 0 saturated carbocycles. The fraction of sp³-hybridized carbons (Fsp3) is 0.417. The lowest BCUT2D eigenvalue weighted by Gasteiger charge is -2.40. The number of amides is 1. The lowest BCUT2D eigenvalue weighted by atomic mass is 9.76. The number of hydrogen-bond donors (Lipinski definition) is 2. The summed E-state index contributed by atoms with van der Waals surface area (Å²) in [5.41, 5.74) is 5.56. The monoisotopic (exact) mass is 220 g/mol. The second-order valence-electron chi connectivity index (χ2n) is 4.13. The maximum absolute atomic E-state index is 11.8. The number of carbonyl (C=O) groups is 1. The first kappa shape index (κ1) is 11.0. The van der Waals surface area contributed by atoms with Crippen molar-refractivity contribution in [3.8, 4) is 5.75 Å². The van der Waals surface area contributed by atoms with Crippen molar-refractivity contribution < 1.29 is 9.53 Å². The molecule has 4 heteroatoms. The molecule has 86 valence electrons.